The van der Waals surface area contributed by atoms with Gasteiger partial charge in [0.05, 0.1) is 17.6 Å². The van der Waals surface area contributed by atoms with Crippen LogP contribution in [0, 0.1) is 5.82 Å². The minimum atomic E-state index is -0.317. The average molecular weight is 254 g/mol. The minimum Gasteiger partial charge on any atom is -0.317 e. The number of halogens is 1. The Hall–Kier alpha value is -2.49. The Labute approximate surface area is 109 Å². The van der Waals surface area contributed by atoms with Gasteiger partial charge in [-0.05, 0) is 24.3 Å². The second-order valence-corrected chi connectivity index (χ2v) is 4.21. The number of rotatable bonds is 3. The third-order valence-electron chi connectivity index (χ3n) is 2.99. The summed E-state index contributed by atoms with van der Waals surface area (Å²) in [6.45, 7) is 0.201. The van der Waals surface area contributed by atoms with Crippen LogP contribution in [0.1, 0.15) is 0 Å². The quantitative estimate of drug-likeness (QED) is 0.673. The van der Waals surface area contributed by atoms with Gasteiger partial charge in [-0.1, -0.05) is 24.3 Å². The van der Waals surface area contributed by atoms with Crippen molar-refractivity contribution in [2.45, 2.75) is 6.54 Å². The molecule has 1 heterocycles. The fraction of sp³-hybridized carbons (Fsp3) is 0.0667. The fourth-order valence-electron chi connectivity index (χ4n) is 2.18. The number of para-hydroxylation sites is 2. The van der Waals surface area contributed by atoms with Crippen LogP contribution >= 0.6 is 0 Å². The molecule has 0 atom stereocenters. The van der Waals surface area contributed by atoms with Crippen molar-refractivity contribution >= 4 is 17.3 Å². The van der Waals surface area contributed by atoms with E-state index in [0.717, 1.165) is 17.3 Å². The zero-order valence-electron chi connectivity index (χ0n) is 10.1. The number of benzene rings is 2. The van der Waals surface area contributed by atoms with Crippen LogP contribution in [-0.2, 0) is 11.3 Å². The lowest BCUT2D eigenvalue weighted by atomic mass is 10.2. The third kappa shape index (κ3) is 2.01. The van der Waals surface area contributed by atoms with Gasteiger partial charge < -0.3 is 9.36 Å². The van der Waals surface area contributed by atoms with E-state index in [1.54, 1.807) is 16.7 Å². The summed E-state index contributed by atoms with van der Waals surface area (Å²) in [5.74, 6) is 0.287. The lowest BCUT2D eigenvalue weighted by Crippen LogP contribution is -2.01. The molecule has 0 aliphatic rings. The molecule has 0 saturated carbocycles. The second-order valence-electron chi connectivity index (χ2n) is 4.21. The van der Waals surface area contributed by atoms with Crippen LogP contribution in [0.25, 0.3) is 22.4 Å². The Balaban J connectivity index is 2.27. The molecule has 3 aromatic rings. The van der Waals surface area contributed by atoms with E-state index < -0.39 is 0 Å². The van der Waals surface area contributed by atoms with Crippen molar-refractivity contribution in [2.75, 3.05) is 0 Å². The highest BCUT2D eigenvalue weighted by Crippen LogP contribution is 2.24. The van der Waals surface area contributed by atoms with Gasteiger partial charge >= 0.3 is 0 Å². The van der Waals surface area contributed by atoms with E-state index in [0.29, 0.717) is 11.4 Å². The Bertz CT molecular complexity index is 749. The summed E-state index contributed by atoms with van der Waals surface area (Å²) >= 11 is 0. The lowest BCUT2D eigenvalue weighted by Gasteiger charge is -2.05. The van der Waals surface area contributed by atoms with Crippen LogP contribution < -0.4 is 0 Å². The van der Waals surface area contributed by atoms with Crippen molar-refractivity contribution in [3.8, 4) is 11.4 Å². The fourth-order valence-corrected chi connectivity index (χ4v) is 2.18. The highest BCUT2D eigenvalue weighted by Gasteiger charge is 2.12. The molecule has 3 rings (SSSR count). The molecule has 94 valence electrons. The highest BCUT2D eigenvalue weighted by molar-refractivity contribution is 5.81. The number of nitrogens with zero attached hydrogens (tertiary/aromatic N) is 2. The first kappa shape index (κ1) is 11.6. The van der Waals surface area contributed by atoms with Crippen molar-refractivity contribution in [3.05, 3.63) is 54.3 Å². The van der Waals surface area contributed by atoms with Gasteiger partial charge in [0.15, 0.2) is 0 Å². The molecular weight excluding hydrogens is 243 g/mol. The molecule has 2 aromatic carbocycles. The molecule has 1 aromatic heterocycles. The molecular formula is C15H11FN2O. The summed E-state index contributed by atoms with van der Waals surface area (Å²) in [6, 6.07) is 13.8. The number of carbonyl (C=O) groups is 1. The zero-order chi connectivity index (χ0) is 13.2. The van der Waals surface area contributed by atoms with E-state index in [2.05, 4.69) is 4.98 Å². The summed E-state index contributed by atoms with van der Waals surface area (Å²) in [5.41, 5.74) is 2.33. The van der Waals surface area contributed by atoms with Crippen LogP contribution in [0.5, 0.6) is 0 Å². The molecule has 0 saturated heterocycles. The molecule has 19 heavy (non-hydrogen) atoms. The zero-order valence-corrected chi connectivity index (χ0v) is 10.1. The van der Waals surface area contributed by atoms with Crippen molar-refractivity contribution < 1.29 is 9.18 Å². The van der Waals surface area contributed by atoms with Crippen molar-refractivity contribution in [2.24, 2.45) is 0 Å². The summed E-state index contributed by atoms with van der Waals surface area (Å²) in [5, 5.41) is 0. The van der Waals surface area contributed by atoms with Crippen LogP contribution in [-0.4, -0.2) is 15.8 Å². The topological polar surface area (TPSA) is 34.9 Å². The van der Waals surface area contributed by atoms with Gasteiger partial charge in [0.25, 0.3) is 0 Å². The summed E-state index contributed by atoms with van der Waals surface area (Å²) in [7, 11) is 0. The molecule has 0 spiro atoms. The van der Waals surface area contributed by atoms with Crippen LogP contribution in [0.2, 0.25) is 0 Å². The number of aldehydes is 1. The standard InChI is InChI=1S/C15H11FN2O/c16-12-5-3-4-11(10-12)15-17-13-6-1-2-7-14(13)18(15)8-9-19/h1-7,9-10H,8H2. The molecule has 0 bridgehead atoms. The predicted octanol–water partition coefficient (Wildman–Crippen LogP) is 3.04. The third-order valence-corrected chi connectivity index (χ3v) is 2.99. The molecule has 0 aliphatic heterocycles. The first-order chi connectivity index (χ1) is 9.29. The first-order valence-corrected chi connectivity index (χ1v) is 5.94. The Morgan fingerprint density at radius 3 is 2.79 bits per heavy atom. The van der Waals surface area contributed by atoms with E-state index >= 15 is 0 Å². The summed E-state index contributed by atoms with van der Waals surface area (Å²) in [4.78, 5) is 15.3. The smallest absolute Gasteiger partial charge is 0.141 e. The molecule has 0 N–H and O–H groups in total. The van der Waals surface area contributed by atoms with Gasteiger partial charge in [-0.3, -0.25) is 0 Å². The molecule has 0 fully saturated rings. The molecule has 0 amide bonds. The Morgan fingerprint density at radius 1 is 1.16 bits per heavy atom. The first-order valence-electron chi connectivity index (χ1n) is 5.94. The summed E-state index contributed by atoms with van der Waals surface area (Å²) in [6.07, 6.45) is 0.816. The molecule has 0 aliphatic carbocycles. The minimum absolute atomic E-state index is 0.201. The number of hydrogen-bond donors (Lipinski definition) is 0. The lowest BCUT2D eigenvalue weighted by molar-refractivity contribution is -0.108. The van der Waals surface area contributed by atoms with Crippen LogP contribution in [0.3, 0.4) is 0 Å². The SMILES string of the molecule is O=CCn1c(-c2cccc(F)c2)nc2ccccc21. The van der Waals surface area contributed by atoms with Gasteiger partial charge in [-0.2, -0.15) is 0 Å². The predicted molar refractivity (Wildman–Crippen MR) is 71.2 cm³/mol. The maximum absolute atomic E-state index is 13.3. The van der Waals surface area contributed by atoms with E-state index in [-0.39, 0.29) is 12.4 Å². The molecule has 4 heteroatoms. The number of carbonyl (C=O) groups excluding carboxylic acids is 1. The normalized spacial score (nSPS) is 10.8. The Morgan fingerprint density at radius 2 is 2.00 bits per heavy atom. The highest BCUT2D eigenvalue weighted by atomic mass is 19.1. The maximum Gasteiger partial charge on any atom is 0.141 e. The van der Waals surface area contributed by atoms with Gasteiger partial charge in [0, 0.05) is 5.56 Å². The number of imidazole rings is 1. The Kier molecular flexibility index (Phi) is 2.83. The van der Waals surface area contributed by atoms with E-state index in [1.807, 2.05) is 24.3 Å². The molecule has 3 nitrogen and oxygen atoms in total. The van der Waals surface area contributed by atoms with Crippen molar-refractivity contribution in [1.82, 2.24) is 9.55 Å². The van der Waals surface area contributed by atoms with Gasteiger partial charge in [0.1, 0.15) is 17.9 Å². The van der Waals surface area contributed by atoms with Gasteiger partial charge in [0.2, 0.25) is 0 Å². The van der Waals surface area contributed by atoms with Crippen LogP contribution in [0.4, 0.5) is 4.39 Å². The van der Waals surface area contributed by atoms with E-state index in [9.17, 15) is 9.18 Å². The van der Waals surface area contributed by atoms with Crippen LogP contribution in [0.15, 0.2) is 48.5 Å². The number of aromatic nitrogens is 2. The van der Waals surface area contributed by atoms with Crippen molar-refractivity contribution in [1.29, 1.82) is 0 Å². The van der Waals surface area contributed by atoms with Crippen molar-refractivity contribution in [3.63, 3.8) is 0 Å². The second kappa shape index (κ2) is 4.65. The summed E-state index contributed by atoms with van der Waals surface area (Å²) < 4.78 is 15.1. The number of fused-ring (bicyclic) bond motifs is 1. The molecule has 0 unspecified atom stereocenters. The van der Waals surface area contributed by atoms with E-state index in [4.69, 9.17) is 0 Å². The van der Waals surface area contributed by atoms with Gasteiger partial charge in [-0.25, -0.2) is 9.37 Å². The van der Waals surface area contributed by atoms with Gasteiger partial charge in [-0.15, -0.1) is 0 Å². The number of hydrogen-bond acceptors (Lipinski definition) is 2. The maximum atomic E-state index is 13.3. The van der Waals surface area contributed by atoms with E-state index in [1.165, 1.54) is 12.1 Å². The monoisotopic (exact) mass is 254 g/mol. The average Bonchev–Trinajstić information content (AvgIpc) is 2.79. The largest absolute Gasteiger partial charge is 0.317 e. The molecule has 0 radical (unpaired) electrons.